The first kappa shape index (κ1) is 16.9. The second-order valence-electron chi connectivity index (χ2n) is 5.92. The average Bonchev–Trinajstić information content (AvgIpc) is 2.63. The Labute approximate surface area is 141 Å². The fourth-order valence-electron chi connectivity index (χ4n) is 2.84. The number of hydrogen-bond acceptors (Lipinski definition) is 5. The molecule has 2 saturated heterocycles. The monoisotopic (exact) mass is 333 g/mol. The third kappa shape index (κ3) is 4.53. The third-order valence-corrected chi connectivity index (χ3v) is 4.16. The molecule has 2 aliphatic heterocycles. The summed E-state index contributed by atoms with van der Waals surface area (Å²) in [6.07, 6.45) is 0. The van der Waals surface area contributed by atoms with E-state index in [2.05, 4.69) is 10.2 Å². The van der Waals surface area contributed by atoms with E-state index in [-0.39, 0.29) is 11.8 Å². The highest BCUT2D eigenvalue weighted by molar-refractivity contribution is 5.97. The summed E-state index contributed by atoms with van der Waals surface area (Å²) in [5.41, 5.74) is 1.23. The number of nitrogens with one attached hydrogen (secondary N) is 1. The van der Waals surface area contributed by atoms with Crippen molar-refractivity contribution in [3.63, 3.8) is 0 Å². The van der Waals surface area contributed by atoms with Crippen molar-refractivity contribution in [2.75, 3.05) is 64.5 Å². The van der Waals surface area contributed by atoms with Gasteiger partial charge in [0.05, 0.1) is 33.0 Å². The van der Waals surface area contributed by atoms with Gasteiger partial charge in [-0.05, 0) is 18.2 Å². The lowest BCUT2D eigenvalue weighted by Crippen LogP contribution is -2.41. The Morgan fingerprint density at radius 1 is 1.00 bits per heavy atom. The molecule has 1 N–H and O–H groups in total. The molecule has 0 aliphatic carbocycles. The smallest absolute Gasteiger partial charge is 0.254 e. The van der Waals surface area contributed by atoms with Gasteiger partial charge in [-0.2, -0.15) is 0 Å². The normalized spacial score (nSPS) is 19.1. The van der Waals surface area contributed by atoms with Gasteiger partial charge in [0.25, 0.3) is 5.91 Å². The number of benzene rings is 1. The number of morpholine rings is 2. The molecule has 2 fully saturated rings. The predicted octanol–water partition coefficient (Wildman–Crippen LogP) is 0.430. The van der Waals surface area contributed by atoms with Crippen LogP contribution in [0.5, 0.6) is 0 Å². The number of rotatable bonds is 4. The van der Waals surface area contributed by atoms with Gasteiger partial charge < -0.3 is 19.7 Å². The van der Waals surface area contributed by atoms with Crippen LogP contribution >= 0.6 is 0 Å². The number of carbonyl (C=O) groups excluding carboxylic acids is 2. The van der Waals surface area contributed by atoms with Crippen LogP contribution in [0.4, 0.5) is 5.69 Å². The van der Waals surface area contributed by atoms with E-state index in [1.807, 2.05) is 0 Å². The van der Waals surface area contributed by atoms with Crippen LogP contribution in [0.2, 0.25) is 0 Å². The standard InChI is InChI=1S/C17H23N3O4/c21-16(13-19-4-8-23-9-5-19)18-15-3-1-2-14(12-15)17(22)20-6-10-24-11-7-20/h1-3,12H,4-11,13H2,(H,18,21). The van der Waals surface area contributed by atoms with Crippen molar-refractivity contribution in [1.82, 2.24) is 9.80 Å². The van der Waals surface area contributed by atoms with E-state index in [1.165, 1.54) is 0 Å². The first-order valence-corrected chi connectivity index (χ1v) is 8.29. The van der Waals surface area contributed by atoms with Gasteiger partial charge in [-0.1, -0.05) is 6.07 Å². The molecule has 0 spiro atoms. The Balaban J connectivity index is 1.57. The molecular formula is C17H23N3O4. The molecule has 7 nitrogen and oxygen atoms in total. The molecule has 3 rings (SSSR count). The maximum absolute atomic E-state index is 12.5. The van der Waals surface area contributed by atoms with Crippen LogP contribution < -0.4 is 5.32 Å². The molecule has 0 saturated carbocycles. The van der Waals surface area contributed by atoms with Crippen molar-refractivity contribution >= 4 is 17.5 Å². The van der Waals surface area contributed by atoms with Crippen LogP contribution in [0.25, 0.3) is 0 Å². The van der Waals surface area contributed by atoms with E-state index in [0.29, 0.717) is 57.3 Å². The van der Waals surface area contributed by atoms with E-state index in [4.69, 9.17) is 9.47 Å². The number of nitrogens with zero attached hydrogens (tertiary/aromatic N) is 2. The minimum atomic E-state index is -0.0760. The fourth-order valence-corrected chi connectivity index (χ4v) is 2.84. The molecule has 1 aromatic rings. The van der Waals surface area contributed by atoms with Gasteiger partial charge in [-0.3, -0.25) is 14.5 Å². The average molecular weight is 333 g/mol. The number of carbonyl (C=O) groups is 2. The van der Waals surface area contributed by atoms with E-state index in [9.17, 15) is 9.59 Å². The molecule has 2 heterocycles. The van der Waals surface area contributed by atoms with Crippen molar-refractivity contribution in [2.24, 2.45) is 0 Å². The zero-order valence-electron chi connectivity index (χ0n) is 13.7. The molecule has 7 heteroatoms. The van der Waals surface area contributed by atoms with Crippen molar-refractivity contribution in [1.29, 1.82) is 0 Å². The Kier molecular flexibility index (Phi) is 5.79. The second kappa shape index (κ2) is 8.23. The van der Waals surface area contributed by atoms with E-state index >= 15 is 0 Å². The maximum atomic E-state index is 12.5. The quantitative estimate of drug-likeness (QED) is 0.865. The molecule has 2 amide bonds. The second-order valence-corrected chi connectivity index (χ2v) is 5.92. The summed E-state index contributed by atoms with van der Waals surface area (Å²) in [6, 6.07) is 7.09. The zero-order valence-corrected chi connectivity index (χ0v) is 13.7. The summed E-state index contributed by atoms with van der Waals surface area (Å²) in [5.74, 6) is -0.101. The highest BCUT2D eigenvalue weighted by atomic mass is 16.5. The topological polar surface area (TPSA) is 71.1 Å². The largest absolute Gasteiger partial charge is 0.379 e. The van der Waals surface area contributed by atoms with Crippen LogP contribution in [0.1, 0.15) is 10.4 Å². The molecule has 0 atom stereocenters. The van der Waals surface area contributed by atoms with Crippen molar-refractivity contribution in [2.45, 2.75) is 0 Å². The Hall–Kier alpha value is -1.96. The summed E-state index contributed by atoms with van der Waals surface area (Å²) in [7, 11) is 0. The van der Waals surface area contributed by atoms with Gasteiger partial charge in [0.2, 0.25) is 5.91 Å². The highest BCUT2D eigenvalue weighted by Gasteiger charge is 2.19. The van der Waals surface area contributed by atoms with Gasteiger partial charge in [0.1, 0.15) is 0 Å². The molecule has 0 radical (unpaired) electrons. The van der Waals surface area contributed by atoms with Gasteiger partial charge in [0.15, 0.2) is 0 Å². The van der Waals surface area contributed by atoms with Crippen molar-refractivity contribution in [3.05, 3.63) is 29.8 Å². The number of amides is 2. The van der Waals surface area contributed by atoms with Crippen LogP contribution in [0.15, 0.2) is 24.3 Å². The van der Waals surface area contributed by atoms with Crippen LogP contribution in [0, 0.1) is 0 Å². The van der Waals surface area contributed by atoms with Crippen LogP contribution in [0.3, 0.4) is 0 Å². The maximum Gasteiger partial charge on any atom is 0.254 e. The molecule has 130 valence electrons. The van der Waals surface area contributed by atoms with E-state index in [0.717, 1.165) is 13.1 Å². The minimum Gasteiger partial charge on any atom is -0.379 e. The summed E-state index contributed by atoms with van der Waals surface area (Å²) in [5, 5.41) is 2.87. The summed E-state index contributed by atoms with van der Waals surface area (Å²) < 4.78 is 10.5. The SMILES string of the molecule is O=C(CN1CCOCC1)Nc1cccc(C(=O)N2CCOCC2)c1. The number of hydrogen-bond donors (Lipinski definition) is 1. The van der Waals surface area contributed by atoms with E-state index < -0.39 is 0 Å². The first-order chi connectivity index (χ1) is 11.7. The highest BCUT2D eigenvalue weighted by Crippen LogP contribution is 2.14. The lowest BCUT2D eigenvalue weighted by molar-refractivity contribution is -0.118. The lowest BCUT2D eigenvalue weighted by Gasteiger charge is -2.27. The summed E-state index contributed by atoms with van der Waals surface area (Å²) in [4.78, 5) is 28.5. The van der Waals surface area contributed by atoms with Crippen molar-refractivity contribution < 1.29 is 19.1 Å². The lowest BCUT2D eigenvalue weighted by atomic mass is 10.1. The fraction of sp³-hybridized carbons (Fsp3) is 0.529. The van der Waals surface area contributed by atoms with Gasteiger partial charge in [0, 0.05) is 37.4 Å². The number of ether oxygens (including phenoxy) is 2. The molecule has 0 aromatic heterocycles. The van der Waals surface area contributed by atoms with Gasteiger partial charge >= 0.3 is 0 Å². The Bertz CT molecular complexity index is 581. The molecule has 0 bridgehead atoms. The van der Waals surface area contributed by atoms with Gasteiger partial charge in [-0.15, -0.1) is 0 Å². The summed E-state index contributed by atoms with van der Waals surface area (Å²) >= 11 is 0. The first-order valence-electron chi connectivity index (χ1n) is 8.29. The molecule has 24 heavy (non-hydrogen) atoms. The molecular weight excluding hydrogens is 310 g/mol. The summed E-state index contributed by atoms with van der Waals surface area (Å²) in [6.45, 7) is 5.55. The molecule has 0 unspecified atom stereocenters. The van der Waals surface area contributed by atoms with E-state index in [1.54, 1.807) is 29.2 Å². The minimum absolute atomic E-state index is 0.0254. The Morgan fingerprint density at radius 3 is 2.38 bits per heavy atom. The van der Waals surface area contributed by atoms with Gasteiger partial charge in [-0.25, -0.2) is 0 Å². The van der Waals surface area contributed by atoms with Crippen LogP contribution in [-0.4, -0.2) is 80.8 Å². The van der Waals surface area contributed by atoms with Crippen molar-refractivity contribution in [3.8, 4) is 0 Å². The van der Waals surface area contributed by atoms with Crippen LogP contribution in [-0.2, 0) is 14.3 Å². The Morgan fingerprint density at radius 2 is 1.67 bits per heavy atom. The molecule has 1 aromatic carbocycles. The third-order valence-electron chi connectivity index (χ3n) is 4.16. The predicted molar refractivity (Wildman–Crippen MR) is 89.1 cm³/mol. The molecule has 2 aliphatic rings. The number of anilines is 1. The zero-order chi connectivity index (χ0) is 16.8.